The first kappa shape index (κ1) is 18.6. The number of ether oxygens (including phenoxy) is 2. The number of carbonyl (C=O) groups is 1. The Labute approximate surface area is 157 Å². The van der Waals surface area contributed by atoms with Gasteiger partial charge in [-0.25, -0.2) is 0 Å². The lowest BCUT2D eigenvalue weighted by Gasteiger charge is -2.12. The number of aromatic nitrogens is 3. The average molecular weight is 376 g/mol. The van der Waals surface area contributed by atoms with Gasteiger partial charge in [0.05, 0.1) is 6.61 Å². The van der Waals surface area contributed by atoms with Crippen molar-refractivity contribution in [2.75, 3.05) is 6.61 Å². The molecule has 0 aliphatic carbocycles. The minimum Gasteiger partial charge on any atom is -0.494 e. The summed E-state index contributed by atoms with van der Waals surface area (Å²) in [5.74, 6) is 2.95. The third-order valence-electron chi connectivity index (χ3n) is 4.26. The molecule has 1 aromatic heterocycles. The monoisotopic (exact) mass is 376 g/mol. The standard InChI is InChI=1S/C18H24N4O3S/c1-4-24-14-8-12-7-11(2)25-15(12)9-13(14)10-26-18-21-20-17(22(18)3)6-5-16(19)23/h8-9,11H,4-7,10H2,1-3H3,(H2,19,23)/t11-/m0/s1. The second-order valence-corrected chi connectivity index (χ2v) is 7.29. The van der Waals surface area contributed by atoms with Crippen LogP contribution < -0.4 is 15.2 Å². The molecule has 0 unspecified atom stereocenters. The summed E-state index contributed by atoms with van der Waals surface area (Å²) >= 11 is 1.58. The molecule has 8 heteroatoms. The Morgan fingerprint density at radius 1 is 1.46 bits per heavy atom. The van der Waals surface area contributed by atoms with E-state index in [-0.39, 0.29) is 18.4 Å². The molecule has 2 N–H and O–H groups in total. The van der Waals surface area contributed by atoms with E-state index in [1.54, 1.807) is 11.8 Å². The molecule has 0 saturated heterocycles. The molecule has 1 atom stereocenters. The second kappa shape index (κ2) is 7.99. The predicted molar refractivity (Wildman–Crippen MR) is 99.5 cm³/mol. The fourth-order valence-electron chi connectivity index (χ4n) is 2.95. The number of nitrogens with zero attached hydrogens (tertiary/aromatic N) is 3. The number of benzene rings is 1. The van der Waals surface area contributed by atoms with Crippen LogP contribution in [0.15, 0.2) is 17.3 Å². The first-order chi connectivity index (χ1) is 12.5. The summed E-state index contributed by atoms with van der Waals surface area (Å²) in [5, 5.41) is 9.17. The number of fused-ring (bicyclic) bond motifs is 1. The van der Waals surface area contributed by atoms with E-state index in [9.17, 15) is 4.79 Å². The van der Waals surface area contributed by atoms with Gasteiger partial charge < -0.3 is 19.8 Å². The van der Waals surface area contributed by atoms with E-state index >= 15 is 0 Å². The zero-order chi connectivity index (χ0) is 18.7. The minimum atomic E-state index is -0.337. The van der Waals surface area contributed by atoms with Crippen LogP contribution in [-0.2, 0) is 30.4 Å². The van der Waals surface area contributed by atoms with Gasteiger partial charge in [0, 0.05) is 43.2 Å². The van der Waals surface area contributed by atoms with Gasteiger partial charge in [-0.1, -0.05) is 11.8 Å². The van der Waals surface area contributed by atoms with E-state index in [2.05, 4.69) is 29.3 Å². The van der Waals surface area contributed by atoms with E-state index in [1.165, 1.54) is 5.56 Å². The molecule has 3 rings (SSSR count). The lowest BCUT2D eigenvalue weighted by Crippen LogP contribution is -2.12. The topological polar surface area (TPSA) is 92.3 Å². The van der Waals surface area contributed by atoms with Crippen LogP contribution in [0.25, 0.3) is 0 Å². The fraction of sp³-hybridized carbons (Fsp3) is 0.500. The molecule has 140 valence electrons. The largest absolute Gasteiger partial charge is 0.494 e. The van der Waals surface area contributed by atoms with Crippen LogP contribution in [0.3, 0.4) is 0 Å². The van der Waals surface area contributed by atoms with Crippen molar-refractivity contribution in [2.24, 2.45) is 12.8 Å². The van der Waals surface area contributed by atoms with Crippen LogP contribution in [0.1, 0.15) is 37.2 Å². The quantitative estimate of drug-likeness (QED) is 0.711. The van der Waals surface area contributed by atoms with Crippen molar-refractivity contribution in [3.63, 3.8) is 0 Å². The van der Waals surface area contributed by atoms with Crippen molar-refractivity contribution >= 4 is 17.7 Å². The Kier molecular flexibility index (Phi) is 5.70. The number of hydrogen-bond acceptors (Lipinski definition) is 6. The maximum absolute atomic E-state index is 11.0. The molecular formula is C18H24N4O3S. The van der Waals surface area contributed by atoms with E-state index in [1.807, 2.05) is 18.5 Å². The molecule has 26 heavy (non-hydrogen) atoms. The summed E-state index contributed by atoms with van der Waals surface area (Å²) in [6, 6.07) is 4.16. The van der Waals surface area contributed by atoms with Gasteiger partial charge in [-0.05, 0) is 26.0 Å². The first-order valence-corrected chi connectivity index (χ1v) is 9.71. The number of nitrogens with two attached hydrogens (primary N) is 1. The van der Waals surface area contributed by atoms with Gasteiger partial charge in [0.25, 0.3) is 0 Å². The van der Waals surface area contributed by atoms with Crippen LogP contribution in [0.2, 0.25) is 0 Å². The highest BCUT2D eigenvalue weighted by Gasteiger charge is 2.22. The molecule has 2 aromatic rings. The molecule has 1 aliphatic rings. The molecule has 0 saturated carbocycles. The lowest BCUT2D eigenvalue weighted by atomic mass is 10.1. The molecule has 1 aliphatic heterocycles. The Morgan fingerprint density at radius 3 is 3.00 bits per heavy atom. The zero-order valence-corrected chi connectivity index (χ0v) is 16.1. The molecule has 1 aromatic carbocycles. The lowest BCUT2D eigenvalue weighted by molar-refractivity contribution is -0.118. The Balaban J connectivity index is 1.73. The number of primary amides is 1. The maximum atomic E-state index is 11.0. The SMILES string of the molecule is CCOc1cc2c(cc1CSc1nnc(CCC(N)=O)n1C)O[C@@H](C)C2. The minimum absolute atomic E-state index is 0.203. The highest BCUT2D eigenvalue weighted by Crippen LogP contribution is 2.37. The average Bonchev–Trinajstić information content (AvgIpc) is 3.12. The van der Waals surface area contributed by atoms with Crippen molar-refractivity contribution in [2.45, 2.75) is 50.1 Å². The smallest absolute Gasteiger partial charge is 0.217 e. The van der Waals surface area contributed by atoms with Gasteiger partial charge >= 0.3 is 0 Å². The number of amides is 1. The van der Waals surface area contributed by atoms with Crippen LogP contribution in [-0.4, -0.2) is 33.4 Å². The van der Waals surface area contributed by atoms with Gasteiger partial charge in [-0.15, -0.1) is 10.2 Å². The van der Waals surface area contributed by atoms with Gasteiger partial charge in [0.15, 0.2) is 5.16 Å². The summed E-state index contributed by atoms with van der Waals surface area (Å²) in [6.45, 7) is 4.67. The number of hydrogen-bond donors (Lipinski definition) is 1. The van der Waals surface area contributed by atoms with Gasteiger partial charge in [0.1, 0.15) is 23.4 Å². The number of carbonyl (C=O) groups excluding carboxylic acids is 1. The fourth-order valence-corrected chi connectivity index (χ4v) is 3.86. The highest BCUT2D eigenvalue weighted by atomic mass is 32.2. The van der Waals surface area contributed by atoms with E-state index in [0.717, 1.165) is 34.5 Å². The Bertz CT molecular complexity index is 806. The Morgan fingerprint density at radius 2 is 2.27 bits per heavy atom. The van der Waals surface area contributed by atoms with Crippen LogP contribution in [0, 0.1) is 0 Å². The van der Waals surface area contributed by atoms with Gasteiger partial charge in [-0.2, -0.15) is 0 Å². The van der Waals surface area contributed by atoms with Crippen LogP contribution >= 0.6 is 11.8 Å². The molecule has 0 radical (unpaired) electrons. The van der Waals surface area contributed by atoms with Crippen LogP contribution in [0.4, 0.5) is 0 Å². The van der Waals surface area contributed by atoms with Gasteiger partial charge in [-0.3, -0.25) is 4.79 Å². The van der Waals surface area contributed by atoms with Crippen molar-refractivity contribution in [1.29, 1.82) is 0 Å². The van der Waals surface area contributed by atoms with Gasteiger partial charge in [0.2, 0.25) is 5.91 Å². The summed E-state index contributed by atoms with van der Waals surface area (Å²) in [5.41, 5.74) is 7.48. The summed E-state index contributed by atoms with van der Waals surface area (Å²) in [6.07, 6.45) is 1.88. The van der Waals surface area contributed by atoms with Crippen molar-refractivity contribution < 1.29 is 14.3 Å². The van der Waals surface area contributed by atoms with Crippen molar-refractivity contribution in [1.82, 2.24) is 14.8 Å². The third-order valence-corrected chi connectivity index (χ3v) is 5.32. The molecule has 0 bridgehead atoms. The van der Waals surface area contributed by atoms with E-state index < -0.39 is 0 Å². The van der Waals surface area contributed by atoms with Crippen molar-refractivity contribution in [3.8, 4) is 11.5 Å². The molecule has 0 spiro atoms. The van der Waals surface area contributed by atoms with E-state index in [0.29, 0.717) is 18.8 Å². The first-order valence-electron chi connectivity index (χ1n) is 8.72. The summed E-state index contributed by atoms with van der Waals surface area (Å²) < 4.78 is 13.6. The molecule has 1 amide bonds. The zero-order valence-electron chi connectivity index (χ0n) is 15.3. The molecule has 7 nitrogen and oxygen atoms in total. The second-order valence-electron chi connectivity index (χ2n) is 6.35. The molecule has 0 fully saturated rings. The molecule has 2 heterocycles. The summed E-state index contributed by atoms with van der Waals surface area (Å²) in [4.78, 5) is 11.0. The summed E-state index contributed by atoms with van der Waals surface area (Å²) in [7, 11) is 1.90. The number of rotatable bonds is 8. The predicted octanol–water partition coefficient (Wildman–Crippen LogP) is 2.25. The number of thioether (sulfide) groups is 1. The Hall–Kier alpha value is -2.22. The third kappa shape index (κ3) is 4.12. The highest BCUT2D eigenvalue weighted by molar-refractivity contribution is 7.98. The van der Waals surface area contributed by atoms with E-state index in [4.69, 9.17) is 15.2 Å². The van der Waals surface area contributed by atoms with Crippen LogP contribution in [0.5, 0.6) is 11.5 Å². The van der Waals surface area contributed by atoms with Crippen molar-refractivity contribution in [3.05, 3.63) is 29.1 Å². The maximum Gasteiger partial charge on any atom is 0.217 e. The number of aryl methyl sites for hydroxylation is 1. The molecular weight excluding hydrogens is 352 g/mol. The normalized spacial score (nSPS) is 15.6.